The first kappa shape index (κ1) is 14.1. The van der Waals surface area contributed by atoms with Crippen molar-refractivity contribution in [1.82, 2.24) is 10.3 Å². The highest BCUT2D eigenvalue weighted by Gasteiger charge is 2.29. The standard InChI is InChI=1S/C14H24N2O/c1-5-16-13(14(3,4)17-6-2)10-12-8-7-9-15-11-12/h7-9,11,13,16H,5-6,10H2,1-4H3. The molecular formula is C14H24N2O. The van der Waals surface area contributed by atoms with Gasteiger partial charge in [0.2, 0.25) is 0 Å². The van der Waals surface area contributed by atoms with E-state index in [0.29, 0.717) is 6.04 Å². The molecule has 1 atom stereocenters. The minimum atomic E-state index is -0.166. The Morgan fingerprint density at radius 2 is 2.18 bits per heavy atom. The number of nitrogens with zero attached hydrogens (tertiary/aromatic N) is 1. The van der Waals surface area contributed by atoms with Crippen molar-refractivity contribution in [3.8, 4) is 0 Å². The Balaban J connectivity index is 2.72. The molecule has 3 nitrogen and oxygen atoms in total. The van der Waals surface area contributed by atoms with E-state index >= 15 is 0 Å². The lowest BCUT2D eigenvalue weighted by Crippen LogP contribution is -2.50. The Labute approximate surface area is 105 Å². The zero-order valence-electron chi connectivity index (χ0n) is 11.4. The van der Waals surface area contributed by atoms with Crippen LogP contribution in [0.3, 0.4) is 0 Å². The molecule has 0 aliphatic rings. The van der Waals surface area contributed by atoms with Crippen LogP contribution in [-0.4, -0.2) is 29.8 Å². The lowest BCUT2D eigenvalue weighted by molar-refractivity contribution is -0.0377. The van der Waals surface area contributed by atoms with Gasteiger partial charge in [-0.15, -0.1) is 0 Å². The van der Waals surface area contributed by atoms with Crippen molar-refractivity contribution < 1.29 is 4.74 Å². The minimum absolute atomic E-state index is 0.166. The molecule has 17 heavy (non-hydrogen) atoms. The lowest BCUT2D eigenvalue weighted by atomic mass is 9.92. The summed E-state index contributed by atoms with van der Waals surface area (Å²) in [6.45, 7) is 10.1. The number of ether oxygens (including phenoxy) is 1. The van der Waals surface area contributed by atoms with E-state index in [2.05, 4.69) is 37.1 Å². The molecule has 0 aromatic carbocycles. The van der Waals surface area contributed by atoms with Crippen molar-refractivity contribution in [3.05, 3.63) is 30.1 Å². The van der Waals surface area contributed by atoms with E-state index in [4.69, 9.17) is 4.74 Å². The summed E-state index contributed by atoms with van der Waals surface area (Å²) in [6.07, 6.45) is 4.67. The summed E-state index contributed by atoms with van der Waals surface area (Å²) < 4.78 is 5.83. The average Bonchev–Trinajstić information content (AvgIpc) is 2.30. The SMILES string of the molecule is CCNC(Cc1cccnc1)C(C)(C)OCC. The summed E-state index contributed by atoms with van der Waals surface area (Å²) in [5.41, 5.74) is 1.08. The highest BCUT2D eigenvalue weighted by Crippen LogP contribution is 2.18. The molecule has 0 aliphatic heterocycles. The van der Waals surface area contributed by atoms with Crippen LogP contribution in [0.2, 0.25) is 0 Å². The van der Waals surface area contributed by atoms with E-state index in [9.17, 15) is 0 Å². The highest BCUT2D eigenvalue weighted by atomic mass is 16.5. The number of likely N-dealkylation sites (N-methyl/N-ethyl adjacent to an activating group) is 1. The second kappa shape index (κ2) is 6.72. The molecular weight excluding hydrogens is 212 g/mol. The predicted molar refractivity (Wildman–Crippen MR) is 71.1 cm³/mol. The van der Waals surface area contributed by atoms with E-state index in [1.807, 2.05) is 19.2 Å². The smallest absolute Gasteiger partial charge is 0.0781 e. The van der Waals surface area contributed by atoms with Crippen LogP contribution in [0.5, 0.6) is 0 Å². The summed E-state index contributed by atoms with van der Waals surface area (Å²) in [5, 5.41) is 3.50. The van der Waals surface area contributed by atoms with Gasteiger partial charge in [0.05, 0.1) is 5.60 Å². The number of nitrogens with one attached hydrogen (secondary N) is 1. The number of hydrogen-bond donors (Lipinski definition) is 1. The second-order valence-electron chi connectivity index (χ2n) is 4.71. The van der Waals surface area contributed by atoms with Crippen molar-refractivity contribution in [2.75, 3.05) is 13.2 Å². The molecule has 0 radical (unpaired) electrons. The monoisotopic (exact) mass is 236 g/mol. The summed E-state index contributed by atoms with van der Waals surface area (Å²) >= 11 is 0. The third-order valence-corrected chi connectivity index (χ3v) is 2.97. The Morgan fingerprint density at radius 1 is 1.41 bits per heavy atom. The first-order valence-electron chi connectivity index (χ1n) is 6.36. The van der Waals surface area contributed by atoms with Crippen molar-refractivity contribution >= 4 is 0 Å². The fraction of sp³-hybridized carbons (Fsp3) is 0.643. The molecule has 0 spiro atoms. The van der Waals surface area contributed by atoms with Crippen molar-refractivity contribution in [2.45, 2.75) is 45.8 Å². The van der Waals surface area contributed by atoms with Gasteiger partial charge in [0, 0.05) is 25.0 Å². The average molecular weight is 236 g/mol. The first-order valence-corrected chi connectivity index (χ1v) is 6.36. The van der Waals surface area contributed by atoms with Crippen molar-refractivity contribution in [2.24, 2.45) is 0 Å². The third-order valence-electron chi connectivity index (χ3n) is 2.97. The minimum Gasteiger partial charge on any atom is -0.374 e. The normalized spacial score (nSPS) is 13.6. The summed E-state index contributed by atoms with van der Waals surface area (Å²) in [4.78, 5) is 4.16. The molecule has 1 unspecified atom stereocenters. The van der Waals surface area contributed by atoms with Crippen molar-refractivity contribution in [3.63, 3.8) is 0 Å². The quantitative estimate of drug-likeness (QED) is 0.789. The summed E-state index contributed by atoms with van der Waals surface area (Å²) in [5.74, 6) is 0. The van der Waals surface area contributed by atoms with Crippen LogP contribution in [-0.2, 0) is 11.2 Å². The van der Waals surface area contributed by atoms with Crippen LogP contribution in [0, 0.1) is 0 Å². The molecule has 0 bridgehead atoms. The maximum absolute atomic E-state index is 5.83. The fourth-order valence-corrected chi connectivity index (χ4v) is 2.04. The van der Waals surface area contributed by atoms with E-state index in [1.54, 1.807) is 6.20 Å². The number of hydrogen-bond acceptors (Lipinski definition) is 3. The van der Waals surface area contributed by atoms with Gasteiger partial charge in [0.1, 0.15) is 0 Å². The molecule has 0 amide bonds. The highest BCUT2D eigenvalue weighted by molar-refractivity contribution is 5.11. The third kappa shape index (κ3) is 4.44. The largest absolute Gasteiger partial charge is 0.374 e. The molecule has 1 N–H and O–H groups in total. The molecule has 1 rings (SSSR count). The Bertz CT molecular complexity index is 311. The maximum atomic E-state index is 5.83. The molecule has 96 valence electrons. The topological polar surface area (TPSA) is 34.2 Å². The van der Waals surface area contributed by atoms with Crippen LogP contribution >= 0.6 is 0 Å². The molecule has 3 heteroatoms. The molecule has 0 saturated carbocycles. The van der Waals surface area contributed by atoms with Gasteiger partial charge in [0.15, 0.2) is 0 Å². The van der Waals surface area contributed by atoms with Gasteiger partial charge in [0.25, 0.3) is 0 Å². The predicted octanol–water partition coefficient (Wildman–Crippen LogP) is 2.42. The van der Waals surface area contributed by atoms with Gasteiger partial charge < -0.3 is 10.1 Å². The first-order chi connectivity index (χ1) is 8.10. The van der Waals surface area contributed by atoms with Crippen LogP contribution in [0.1, 0.15) is 33.3 Å². The van der Waals surface area contributed by atoms with Crippen LogP contribution in [0.4, 0.5) is 0 Å². The molecule has 1 aromatic rings. The molecule has 1 heterocycles. The summed E-state index contributed by atoms with van der Waals surface area (Å²) in [7, 11) is 0. The van der Waals surface area contributed by atoms with Gasteiger partial charge >= 0.3 is 0 Å². The van der Waals surface area contributed by atoms with Gasteiger partial charge in [-0.1, -0.05) is 13.0 Å². The van der Waals surface area contributed by atoms with Gasteiger partial charge in [-0.3, -0.25) is 4.98 Å². The number of aromatic nitrogens is 1. The molecule has 0 saturated heterocycles. The lowest BCUT2D eigenvalue weighted by Gasteiger charge is -2.34. The Hall–Kier alpha value is -0.930. The van der Waals surface area contributed by atoms with E-state index in [0.717, 1.165) is 19.6 Å². The van der Waals surface area contributed by atoms with Crippen molar-refractivity contribution in [1.29, 1.82) is 0 Å². The molecule has 0 fully saturated rings. The van der Waals surface area contributed by atoms with Crippen LogP contribution in [0.15, 0.2) is 24.5 Å². The fourth-order valence-electron chi connectivity index (χ4n) is 2.04. The van der Waals surface area contributed by atoms with Crippen LogP contribution in [0.25, 0.3) is 0 Å². The molecule has 1 aromatic heterocycles. The molecule has 0 aliphatic carbocycles. The van der Waals surface area contributed by atoms with Crippen LogP contribution < -0.4 is 5.32 Å². The van der Waals surface area contributed by atoms with E-state index in [1.165, 1.54) is 5.56 Å². The van der Waals surface area contributed by atoms with Gasteiger partial charge in [-0.05, 0) is 45.4 Å². The zero-order chi connectivity index (χ0) is 12.7. The number of pyridine rings is 1. The second-order valence-corrected chi connectivity index (χ2v) is 4.71. The van der Waals surface area contributed by atoms with Gasteiger partial charge in [-0.25, -0.2) is 0 Å². The Morgan fingerprint density at radius 3 is 2.71 bits per heavy atom. The Kier molecular flexibility index (Phi) is 5.59. The number of rotatable bonds is 7. The van der Waals surface area contributed by atoms with E-state index in [-0.39, 0.29) is 5.60 Å². The van der Waals surface area contributed by atoms with E-state index < -0.39 is 0 Å². The zero-order valence-corrected chi connectivity index (χ0v) is 11.4. The summed E-state index contributed by atoms with van der Waals surface area (Å²) in [6, 6.07) is 4.39. The van der Waals surface area contributed by atoms with Gasteiger partial charge in [-0.2, -0.15) is 0 Å². The maximum Gasteiger partial charge on any atom is 0.0781 e.